The van der Waals surface area contributed by atoms with Crippen LogP contribution in [0.4, 0.5) is 0 Å². The van der Waals surface area contributed by atoms with Gasteiger partial charge in [0.05, 0.1) is 5.69 Å². The molecule has 0 saturated carbocycles. The van der Waals surface area contributed by atoms with Crippen LogP contribution in [0.1, 0.15) is 12.5 Å². The molecule has 0 unspecified atom stereocenters. The Labute approximate surface area is 85.4 Å². The molecule has 78 valence electrons. The fourth-order valence-electron chi connectivity index (χ4n) is 1.43. The van der Waals surface area contributed by atoms with Gasteiger partial charge in [-0.25, -0.2) is 24.4 Å². The van der Waals surface area contributed by atoms with Crippen LogP contribution < -0.4 is 11.4 Å². The maximum absolute atomic E-state index is 11.3. The van der Waals surface area contributed by atoms with E-state index in [9.17, 15) is 9.59 Å². The van der Waals surface area contributed by atoms with Crippen molar-refractivity contribution in [1.82, 2.24) is 14.8 Å². The first-order chi connectivity index (χ1) is 7.22. The highest BCUT2D eigenvalue weighted by Gasteiger charge is 2.04. The normalized spacial score (nSPS) is 10.5. The fraction of sp³-hybridized carbons (Fsp3) is 0.200. The van der Waals surface area contributed by atoms with Gasteiger partial charge in [0.15, 0.2) is 0 Å². The molecule has 2 rings (SSSR count). The van der Waals surface area contributed by atoms with Crippen LogP contribution >= 0.6 is 0 Å². The van der Waals surface area contributed by atoms with E-state index >= 15 is 0 Å². The van der Waals surface area contributed by atoms with Gasteiger partial charge in [-0.05, 0) is 24.1 Å². The first-order valence-electron chi connectivity index (χ1n) is 4.71. The van der Waals surface area contributed by atoms with E-state index in [0.29, 0.717) is 5.69 Å². The van der Waals surface area contributed by atoms with E-state index < -0.39 is 11.4 Å². The fourth-order valence-corrected chi connectivity index (χ4v) is 1.43. The van der Waals surface area contributed by atoms with Crippen molar-refractivity contribution in [3.63, 3.8) is 0 Å². The van der Waals surface area contributed by atoms with Crippen LogP contribution in [0.3, 0.4) is 0 Å². The van der Waals surface area contributed by atoms with Crippen molar-refractivity contribution in [1.29, 1.82) is 0 Å². The minimum absolute atomic E-state index is 0.454. The summed E-state index contributed by atoms with van der Waals surface area (Å²) in [5.41, 5.74) is 0.826. The molecule has 0 saturated heterocycles. The predicted molar refractivity (Wildman–Crippen MR) is 56.4 cm³/mol. The second kappa shape index (κ2) is 3.61. The van der Waals surface area contributed by atoms with Crippen LogP contribution in [-0.4, -0.2) is 14.8 Å². The number of nitrogens with zero attached hydrogens (tertiary/aromatic N) is 1. The van der Waals surface area contributed by atoms with E-state index in [2.05, 4.69) is 10.2 Å². The highest BCUT2D eigenvalue weighted by molar-refractivity contribution is 5.34. The van der Waals surface area contributed by atoms with Gasteiger partial charge in [0.25, 0.3) is 0 Å². The molecule has 0 aliphatic carbocycles. The van der Waals surface area contributed by atoms with Crippen LogP contribution in [0.25, 0.3) is 5.69 Å². The summed E-state index contributed by atoms with van der Waals surface area (Å²) in [6, 6.07) is 7.30. The molecule has 0 amide bonds. The quantitative estimate of drug-likeness (QED) is 0.745. The van der Waals surface area contributed by atoms with Gasteiger partial charge >= 0.3 is 11.4 Å². The molecule has 0 aliphatic rings. The molecule has 15 heavy (non-hydrogen) atoms. The number of aromatic amines is 2. The third-order valence-electron chi connectivity index (χ3n) is 2.29. The molecule has 1 aromatic heterocycles. The van der Waals surface area contributed by atoms with Crippen molar-refractivity contribution in [3.8, 4) is 5.69 Å². The number of aromatic nitrogens is 3. The lowest BCUT2D eigenvalue weighted by atomic mass is 10.1. The Morgan fingerprint density at radius 2 is 1.60 bits per heavy atom. The number of hydrogen-bond donors (Lipinski definition) is 2. The summed E-state index contributed by atoms with van der Waals surface area (Å²) in [5.74, 6) is 0. The molecular formula is C10H11N3O2. The summed E-state index contributed by atoms with van der Waals surface area (Å²) < 4.78 is 1.06. The summed E-state index contributed by atoms with van der Waals surface area (Å²) in [4.78, 5) is 22.5. The standard InChI is InChI=1S/C10H11N3O2/c1-2-7-3-5-8(6-4-7)13-9(14)11-12-10(13)15/h3-6H,2H2,1H3,(H,11,14)(H,12,15). The smallest absolute Gasteiger partial charge is 0.247 e. The van der Waals surface area contributed by atoms with E-state index in [1.807, 2.05) is 19.1 Å². The molecule has 2 N–H and O–H groups in total. The summed E-state index contributed by atoms with van der Waals surface area (Å²) in [5, 5.41) is 4.47. The van der Waals surface area contributed by atoms with Gasteiger partial charge in [-0.1, -0.05) is 19.1 Å². The molecule has 1 aromatic carbocycles. The Bertz CT molecular complexity index is 532. The predicted octanol–water partition coefficient (Wildman–Crippen LogP) is 0.416. The molecular weight excluding hydrogens is 194 g/mol. The Kier molecular flexibility index (Phi) is 2.29. The maximum Gasteiger partial charge on any atom is 0.348 e. The average Bonchev–Trinajstić information content (AvgIpc) is 2.59. The minimum Gasteiger partial charge on any atom is -0.247 e. The number of aryl methyl sites for hydroxylation is 1. The third-order valence-corrected chi connectivity index (χ3v) is 2.29. The van der Waals surface area contributed by atoms with Gasteiger partial charge in [0.1, 0.15) is 0 Å². The van der Waals surface area contributed by atoms with E-state index in [4.69, 9.17) is 0 Å². The molecule has 0 bridgehead atoms. The van der Waals surface area contributed by atoms with Gasteiger partial charge in [-0.15, -0.1) is 0 Å². The number of nitrogens with one attached hydrogen (secondary N) is 2. The topological polar surface area (TPSA) is 70.7 Å². The van der Waals surface area contributed by atoms with Gasteiger partial charge in [-0.2, -0.15) is 0 Å². The minimum atomic E-state index is -0.454. The van der Waals surface area contributed by atoms with E-state index in [1.54, 1.807) is 12.1 Å². The summed E-state index contributed by atoms with van der Waals surface area (Å²) in [6.07, 6.45) is 0.929. The largest absolute Gasteiger partial charge is 0.348 e. The Balaban J connectivity index is 2.55. The van der Waals surface area contributed by atoms with Gasteiger partial charge in [0.2, 0.25) is 0 Å². The lowest BCUT2D eigenvalue weighted by Gasteiger charge is -2.00. The average molecular weight is 205 g/mol. The summed E-state index contributed by atoms with van der Waals surface area (Å²) >= 11 is 0. The lowest BCUT2D eigenvalue weighted by molar-refractivity contribution is 0.949. The summed E-state index contributed by atoms with van der Waals surface area (Å²) in [6.45, 7) is 2.05. The van der Waals surface area contributed by atoms with Crippen molar-refractivity contribution >= 4 is 0 Å². The van der Waals surface area contributed by atoms with Crippen molar-refractivity contribution in [2.75, 3.05) is 0 Å². The second-order valence-corrected chi connectivity index (χ2v) is 3.22. The lowest BCUT2D eigenvalue weighted by Crippen LogP contribution is -2.24. The molecule has 5 heteroatoms. The number of H-pyrrole nitrogens is 2. The van der Waals surface area contributed by atoms with Crippen LogP contribution in [0, 0.1) is 0 Å². The highest BCUT2D eigenvalue weighted by Crippen LogP contribution is 2.06. The van der Waals surface area contributed by atoms with Gasteiger partial charge < -0.3 is 0 Å². The van der Waals surface area contributed by atoms with Gasteiger partial charge in [-0.3, -0.25) is 0 Å². The van der Waals surface area contributed by atoms with Crippen molar-refractivity contribution < 1.29 is 0 Å². The molecule has 5 nitrogen and oxygen atoms in total. The van der Waals surface area contributed by atoms with Crippen LogP contribution in [-0.2, 0) is 6.42 Å². The number of hydrogen-bond acceptors (Lipinski definition) is 2. The van der Waals surface area contributed by atoms with Crippen molar-refractivity contribution in [2.24, 2.45) is 0 Å². The zero-order valence-electron chi connectivity index (χ0n) is 8.28. The number of rotatable bonds is 2. The molecule has 0 radical (unpaired) electrons. The Hall–Kier alpha value is -2.04. The zero-order valence-corrected chi connectivity index (χ0v) is 8.28. The zero-order chi connectivity index (χ0) is 10.8. The highest BCUT2D eigenvalue weighted by atomic mass is 16.2. The van der Waals surface area contributed by atoms with E-state index in [0.717, 1.165) is 11.0 Å². The first-order valence-corrected chi connectivity index (χ1v) is 4.71. The van der Waals surface area contributed by atoms with Crippen LogP contribution in [0.2, 0.25) is 0 Å². The SMILES string of the molecule is CCc1ccc(-n2c(=O)[nH][nH]c2=O)cc1. The molecule has 0 fully saturated rings. The Morgan fingerprint density at radius 1 is 1.07 bits per heavy atom. The maximum atomic E-state index is 11.3. The van der Waals surface area contributed by atoms with E-state index in [-0.39, 0.29) is 0 Å². The Morgan fingerprint density at radius 3 is 2.07 bits per heavy atom. The molecule has 0 aliphatic heterocycles. The molecule has 2 aromatic rings. The van der Waals surface area contributed by atoms with Crippen molar-refractivity contribution in [3.05, 3.63) is 50.8 Å². The summed E-state index contributed by atoms with van der Waals surface area (Å²) in [7, 11) is 0. The molecule has 1 heterocycles. The van der Waals surface area contributed by atoms with Gasteiger partial charge in [0, 0.05) is 0 Å². The van der Waals surface area contributed by atoms with E-state index in [1.165, 1.54) is 5.56 Å². The van der Waals surface area contributed by atoms with Crippen LogP contribution in [0.5, 0.6) is 0 Å². The molecule has 0 atom stereocenters. The second-order valence-electron chi connectivity index (χ2n) is 3.22. The van der Waals surface area contributed by atoms with Crippen molar-refractivity contribution in [2.45, 2.75) is 13.3 Å². The van der Waals surface area contributed by atoms with Crippen LogP contribution in [0.15, 0.2) is 33.9 Å². The number of benzene rings is 1. The third kappa shape index (κ3) is 1.63. The first kappa shape index (κ1) is 9.51. The molecule has 0 spiro atoms. The monoisotopic (exact) mass is 205 g/mol.